The molecule has 188 valence electrons. The van der Waals surface area contributed by atoms with E-state index >= 15 is 0 Å². The number of fused-ring (bicyclic) bond motifs is 2. The molecular formula is C27H40F2N4O. The Hall–Kier alpha value is -1.60. The van der Waals surface area contributed by atoms with Crippen molar-refractivity contribution in [2.45, 2.75) is 83.2 Å². The number of rotatable bonds is 6. The van der Waals surface area contributed by atoms with Gasteiger partial charge in [-0.3, -0.25) is 9.78 Å². The third-order valence-corrected chi connectivity index (χ3v) is 9.21. The molecule has 2 saturated carbocycles. The molecule has 0 bridgehead atoms. The van der Waals surface area contributed by atoms with Gasteiger partial charge in [0.25, 0.3) is 5.92 Å². The Morgan fingerprint density at radius 3 is 2.79 bits per heavy atom. The van der Waals surface area contributed by atoms with Gasteiger partial charge in [-0.1, -0.05) is 12.8 Å². The number of likely N-dealkylation sites (tertiary alicyclic amines) is 1. The van der Waals surface area contributed by atoms with Gasteiger partial charge < -0.3 is 14.7 Å². The molecule has 34 heavy (non-hydrogen) atoms. The highest BCUT2D eigenvalue weighted by molar-refractivity contribution is 5.84. The minimum absolute atomic E-state index is 0.0614. The fourth-order valence-corrected chi connectivity index (χ4v) is 7.11. The lowest BCUT2D eigenvalue weighted by Gasteiger charge is -2.38. The predicted octanol–water partition coefficient (Wildman–Crippen LogP) is 4.44. The molecule has 2 aliphatic heterocycles. The van der Waals surface area contributed by atoms with E-state index in [2.05, 4.69) is 21.8 Å². The van der Waals surface area contributed by atoms with Crippen LogP contribution in [0.15, 0.2) is 12.3 Å². The molecule has 1 aromatic heterocycles. The van der Waals surface area contributed by atoms with Crippen LogP contribution in [-0.2, 0) is 23.7 Å². The van der Waals surface area contributed by atoms with E-state index in [1.165, 1.54) is 38.5 Å². The van der Waals surface area contributed by atoms with Gasteiger partial charge in [0.2, 0.25) is 5.91 Å². The van der Waals surface area contributed by atoms with Crippen LogP contribution in [0, 0.1) is 11.3 Å². The zero-order valence-electron chi connectivity index (χ0n) is 20.9. The number of amides is 1. The third kappa shape index (κ3) is 4.62. The molecule has 0 N–H and O–H groups in total. The monoisotopic (exact) mass is 474 g/mol. The maximum Gasteiger partial charge on any atom is 0.272 e. The summed E-state index contributed by atoms with van der Waals surface area (Å²) in [6, 6.07) is 2.03. The largest absolute Gasteiger partial charge is 0.337 e. The molecule has 1 amide bonds. The molecule has 0 radical (unpaired) electrons. The Bertz CT molecular complexity index is 897. The second-order valence-corrected chi connectivity index (χ2v) is 11.4. The highest BCUT2D eigenvalue weighted by Gasteiger charge is 2.56. The second kappa shape index (κ2) is 9.45. The summed E-state index contributed by atoms with van der Waals surface area (Å²) in [6.45, 7) is 6.60. The number of carbonyl (C=O) groups is 1. The number of halogens is 2. The van der Waals surface area contributed by atoms with Crippen LogP contribution in [0.4, 0.5) is 8.78 Å². The number of likely N-dealkylation sites (N-methyl/N-ethyl adjacent to an activating group) is 1. The van der Waals surface area contributed by atoms with Gasteiger partial charge in [-0.05, 0) is 76.2 Å². The molecule has 1 saturated heterocycles. The van der Waals surface area contributed by atoms with E-state index in [1.54, 1.807) is 6.07 Å². The van der Waals surface area contributed by atoms with Crippen LogP contribution < -0.4 is 0 Å². The van der Waals surface area contributed by atoms with E-state index in [0.29, 0.717) is 31.5 Å². The molecule has 0 spiro atoms. The van der Waals surface area contributed by atoms with Crippen LogP contribution >= 0.6 is 0 Å². The lowest BCUT2D eigenvalue weighted by molar-refractivity contribution is -0.144. The van der Waals surface area contributed by atoms with Crippen molar-refractivity contribution in [3.05, 3.63) is 29.1 Å². The maximum absolute atomic E-state index is 14.0. The molecule has 3 atom stereocenters. The maximum atomic E-state index is 14.0. The number of hydrogen-bond acceptors (Lipinski definition) is 4. The SMILES string of the molecule is CN(CCN1CCCCC1)C1CC2CCCC2(C(=O)N2CCc3ncc(C(C)(F)F)cc3C2)C1. The fraction of sp³-hybridized carbons (Fsp3) is 0.778. The summed E-state index contributed by atoms with van der Waals surface area (Å²) in [5.41, 5.74) is 1.33. The summed E-state index contributed by atoms with van der Waals surface area (Å²) >= 11 is 0. The van der Waals surface area contributed by atoms with Crippen LogP contribution in [-0.4, -0.2) is 71.4 Å². The van der Waals surface area contributed by atoms with Gasteiger partial charge in [-0.25, -0.2) is 8.78 Å². The molecular weight excluding hydrogens is 434 g/mol. The van der Waals surface area contributed by atoms with Crippen molar-refractivity contribution in [2.24, 2.45) is 11.3 Å². The average Bonchev–Trinajstić information content (AvgIpc) is 3.40. The van der Waals surface area contributed by atoms with Crippen LogP contribution in [0.25, 0.3) is 0 Å². The van der Waals surface area contributed by atoms with Gasteiger partial charge in [0, 0.05) is 63.0 Å². The van der Waals surface area contributed by atoms with E-state index in [9.17, 15) is 13.6 Å². The van der Waals surface area contributed by atoms with Crippen molar-refractivity contribution in [1.82, 2.24) is 19.7 Å². The molecule has 4 aliphatic rings. The first-order chi connectivity index (χ1) is 16.3. The van der Waals surface area contributed by atoms with E-state index < -0.39 is 5.92 Å². The highest BCUT2D eigenvalue weighted by Crippen LogP contribution is 2.56. The van der Waals surface area contributed by atoms with E-state index in [-0.39, 0.29) is 16.9 Å². The van der Waals surface area contributed by atoms with Crippen LogP contribution in [0.1, 0.15) is 75.1 Å². The number of piperidine rings is 1. The van der Waals surface area contributed by atoms with Gasteiger partial charge in [0.05, 0.1) is 5.41 Å². The Kier molecular flexibility index (Phi) is 6.70. The smallest absolute Gasteiger partial charge is 0.272 e. The third-order valence-electron chi connectivity index (χ3n) is 9.21. The standard InChI is InChI=1S/C27H40F2N4O/c1-26(28,29)22-15-20-19-33(12-8-24(20)30-18-22)25(34)27-9-6-7-21(27)16-23(17-27)31(2)13-14-32-10-4-3-5-11-32/h15,18,21,23H,3-14,16-17,19H2,1-2H3. The summed E-state index contributed by atoms with van der Waals surface area (Å²) in [7, 11) is 2.24. The quantitative estimate of drug-likeness (QED) is 0.611. The van der Waals surface area contributed by atoms with Crippen molar-refractivity contribution in [1.29, 1.82) is 0 Å². The lowest BCUT2D eigenvalue weighted by Crippen LogP contribution is -2.47. The van der Waals surface area contributed by atoms with Gasteiger partial charge in [0.15, 0.2) is 0 Å². The molecule has 3 fully saturated rings. The summed E-state index contributed by atoms with van der Waals surface area (Å²) in [6.07, 6.45) is 11.2. The molecule has 1 aromatic rings. The van der Waals surface area contributed by atoms with Crippen molar-refractivity contribution in [3.8, 4) is 0 Å². The summed E-state index contributed by atoms with van der Waals surface area (Å²) < 4.78 is 27.7. The first kappa shape index (κ1) is 24.1. The molecule has 2 aliphatic carbocycles. The highest BCUT2D eigenvalue weighted by atomic mass is 19.3. The molecule has 3 unspecified atom stereocenters. The van der Waals surface area contributed by atoms with Gasteiger partial charge in [-0.2, -0.15) is 0 Å². The number of nitrogens with zero attached hydrogens (tertiary/aromatic N) is 4. The van der Waals surface area contributed by atoms with Crippen LogP contribution in [0.3, 0.4) is 0 Å². The number of alkyl halides is 2. The summed E-state index contributed by atoms with van der Waals surface area (Å²) in [5.74, 6) is -2.20. The number of hydrogen-bond donors (Lipinski definition) is 0. The minimum Gasteiger partial charge on any atom is -0.337 e. The first-order valence-corrected chi connectivity index (χ1v) is 13.3. The molecule has 3 heterocycles. The predicted molar refractivity (Wildman–Crippen MR) is 129 cm³/mol. The van der Waals surface area contributed by atoms with Crippen LogP contribution in [0.2, 0.25) is 0 Å². The Balaban J connectivity index is 1.26. The second-order valence-electron chi connectivity index (χ2n) is 11.4. The summed E-state index contributed by atoms with van der Waals surface area (Å²) in [5, 5.41) is 0. The van der Waals surface area contributed by atoms with E-state index in [1.807, 2.05) is 4.90 Å². The topological polar surface area (TPSA) is 39.7 Å². The van der Waals surface area contributed by atoms with Crippen molar-refractivity contribution >= 4 is 5.91 Å². The molecule has 5 rings (SSSR count). The number of aromatic nitrogens is 1. The molecule has 5 nitrogen and oxygen atoms in total. The van der Waals surface area contributed by atoms with Crippen LogP contribution in [0.5, 0.6) is 0 Å². The minimum atomic E-state index is -2.92. The number of pyridine rings is 1. The average molecular weight is 475 g/mol. The van der Waals surface area contributed by atoms with Crippen molar-refractivity contribution in [3.63, 3.8) is 0 Å². The normalized spacial score (nSPS) is 30.0. The molecule has 7 heteroatoms. The Morgan fingerprint density at radius 2 is 2.03 bits per heavy atom. The Morgan fingerprint density at radius 1 is 1.24 bits per heavy atom. The zero-order valence-corrected chi connectivity index (χ0v) is 20.9. The van der Waals surface area contributed by atoms with Gasteiger partial charge in [-0.15, -0.1) is 0 Å². The van der Waals surface area contributed by atoms with Gasteiger partial charge >= 0.3 is 0 Å². The lowest BCUT2D eigenvalue weighted by atomic mass is 9.78. The number of carbonyl (C=O) groups excluding carboxylic acids is 1. The van der Waals surface area contributed by atoms with Crippen molar-refractivity contribution in [2.75, 3.05) is 39.8 Å². The Labute approximate surface area is 202 Å². The van der Waals surface area contributed by atoms with Gasteiger partial charge in [0.1, 0.15) is 0 Å². The summed E-state index contributed by atoms with van der Waals surface area (Å²) in [4.78, 5) is 25.4. The van der Waals surface area contributed by atoms with Crippen molar-refractivity contribution < 1.29 is 13.6 Å². The van der Waals surface area contributed by atoms with E-state index in [0.717, 1.165) is 63.4 Å². The van der Waals surface area contributed by atoms with E-state index in [4.69, 9.17) is 0 Å². The zero-order chi connectivity index (χ0) is 23.9. The first-order valence-electron chi connectivity index (χ1n) is 13.3. The fourth-order valence-electron chi connectivity index (χ4n) is 7.11. The molecule has 0 aromatic carbocycles.